The van der Waals surface area contributed by atoms with Crippen LogP contribution >= 0.6 is 0 Å². The van der Waals surface area contributed by atoms with Crippen molar-refractivity contribution in [1.29, 1.82) is 0 Å². The zero-order valence-corrected chi connectivity index (χ0v) is 11.8. The van der Waals surface area contributed by atoms with Gasteiger partial charge in [-0.3, -0.25) is 9.69 Å². The van der Waals surface area contributed by atoms with Crippen LogP contribution in [0.1, 0.15) is 24.0 Å². The third-order valence-corrected chi connectivity index (χ3v) is 3.73. The standard InChI is InChI=1S/C15H18F3NO2/c1-21-14(20)12-3-2-8-19(10-12)9-11-4-6-13(7-5-11)15(16,17)18/h4-7,12H,2-3,8-10H2,1H3. The van der Waals surface area contributed by atoms with E-state index < -0.39 is 11.7 Å². The highest BCUT2D eigenvalue weighted by atomic mass is 19.4. The molecule has 1 aromatic rings. The maximum atomic E-state index is 12.5. The van der Waals surface area contributed by atoms with E-state index in [-0.39, 0.29) is 11.9 Å². The topological polar surface area (TPSA) is 29.5 Å². The van der Waals surface area contributed by atoms with Crippen LogP contribution in [0.4, 0.5) is 13.2 Å². The second-order valence-corrected chi connectivity index (χ2v) is 5.29. The van der Waals surface area contributed by atoms with Gasteiger partial charge in [-0.15, -0.1) is 0 Å². The predicted molar refractivity (Wildman–Crippen MR) is 71.5 cm³/mol. The number of halogens is 3. The zero-order chi connectivity index (χ0) is 15.5. The van der Waals surface area contributed by atoms with Crippen molar-refractivity contribution < 1.29 is 22.7 Å². The Morgan fingerprint density at radius 1 is 1.33 bits per heavy atom. The van der Waals surface area contributed by atoms with Gasteiger partial charge in [0.2, 0.25) is 0 Å². The van der Waals surface area contributed by atoms with Gasteiger partial charge in [0, 0.05) is 13.1 Å². The molecule has 0 bridgehead atoms. The third kappa shape index (κ3) is 4.20. The fraction of sp³-hybridized carbons (Fsp3) is 0.533. The number of alkyl halides is 3. The van der Waals surface area contributed by atoms with Crippen LogP contribution in [-0.4, -0.2) is 31.1 Å². The molecule has 1 aliphatic heterocycles. The van der Waals surface area contributed by atoms with E-state index in [1.54, 1.807) is 0 Å². The zero-order valence-electron chi connectivity index (χ0n) is 11.8. The molecule has 0 N–H and O–H groups in total. The van der Waals surface area contributed by atoms with Gasteiger partial charge in [-0.05, 0) is 37.1 Å². The third-order valence-electron chi connectivity index (χ3n) is 3.73. The Labute approximate surface area is 121 Å². The van der Waals surface area contributed by atoms with Crippen molar-refractivity contribution in [3.8, 4) is 0 Å². The summed E-state index contributed by atoms with van der Waals surface area (Å²) in [4.78, 5) is 13.6. The number of carbonyl (C=O) groups is 1. The summed E-state index contributed by atoms with van der Waals surface area (Å²) in [6, 6.07) is 5.17. The van der Waals surface area contributed by atoms with Gasteiger partial charge >= 0.3 is 12.1 Å². The minimum Gasteiger partial charge on any atom is -0.469 e. The van der Waals surface area contributed by atoms with Crippen molar-refractivity contribution in [3.63, 3.8) is 0 Å². The molecule has 0 radical (unpaired) electrons. The molecule has 1 unspecified atom stereocenters. The second kappa shape index (κ2) is 6.47. The number of hydrogen-bond donors (Lipinski definition) is 0. The lowest BCUT2D eigenvalue weighted by Crippen LogP contribution is -2.38. The van der Waals surface area contributed by atoms with Gasteiger partial charge in [-0.1, -0.05) is 12.1 Å². The number of piperidine rings is 1. The molecule has 1 aliphatic rings. The first-order valence-corrected chi connectivity index (χ1v) is 6.86. The maximum Gasteiger partial charge on any atom is 0.416 e. The molecule has 21 heavy (non-hydrogen) atoms. The molecule has 1 aromatic carbocycles. The van der Waals surface area contributed by atoms with Crippen molar-refractivity contribution in [3.05, 3.63) is 35.4 Å². The van der Waals surface area contributed by atoms with Crippen molar-refractivity contribution in [2.45, 2.75) is 25.6 Å². The van der Waals surface area contributed by atoms with Crippen LogP contribution in [0.5, 0.6) is 0 Å². The van der Waals surface area contributed by atoms with E-state index in [2.05, 4.69) is 4.90 Å². The first kappa shape index (κ1) is 15.8. The van der Waals surface area contributed by atoms with E-state index in [1.165, 1.54) is 19.2 Å². The maximum absolute atomic E-state index is 12.5. The monoisotopic (exact) mass is 301 g/mol. The molecular weight excluding hydrogens is 283 g/mol. The quantitative estimate of drug-likeness (QED) is 0.804. The average Bonchev–Trinajstić information content (AvgIpc) is 2.46. The highest BCUT2D eigenvalue weighted by Gasteiger charge is 2.30. The van der Waals surface area contributed by atoms with Crippen LogP contribution in [0.3, 0.4) is 0 Å². The van der Waals surface area contributed by atoms with Crippen LogP contribution in [0.15, 0.2) is 24.3 Å². The molecule has 0 aromatic heterocycles. The molecule has 0 amide bonds. The van der Waals surface area contributed by atoms with Crippen LogP contribution in [0.2, 0.25) is 0 Å². The molecular formula is C15H18F3NO2. The van der Waals surface area contributed by atoms with Crippen molar-refractivity contribution in [1.82, 2.24) is 4.90 Å². The molecule has 0 spiro atoms. The molecule has 3 nitrogen and oxygen atoms in total. The highest BCUT2D eigenvalue weighted by molar-refractivity contribution is 5.72. The Morgan fingerprint density at radius 2 is 2.00 bits per heavy atom. The van der Waals surface area contributed by atoms with Gasteiger partial charge in [0.25, 0.3) is 0 Å². The second-order valence-electron chi connectivity index (χ2n) is 5.29. The van der Waals surface area contributed by atoms with Crippen LogP contribution in [0.25, 0.3) is 0 Å². The number of hydrogen-bond acceptors (Lipinski definition) is 3. The molecule has 2 rings (SSSR count). The molecule has 116 valence electrons. The summed E-state index contributed by atoms with van der Waals surface area (Å²) >= 11 is 0. The summed E-state index contributed by atoms with van der Waals surface area (Å²) in [5.41, 5.74) is 0.172. The van der Waals surface area contributed by atoms with E-state index in [0.717, 1.165) is 37.1 Å². The summed E-state index contributed by atoms with van der Waals surface area (Å²) < 4.78 is 42.2. The lowest BCUT2D eigenvalue weighted by Gasteiger charge is -2.31. The normalized spacial score (nSPS) is 20.3. The Balaban J connectivity index is 1.96. The predicted octanol–water partition coefficient (Wildman–Crippen LogP) is 3.09. The van der Waals surface area contributed by atoms with Gasteiger partial charge in [0.05, 0.1) is 18.6 Å². The van der Waals surface area contributed by atoms with Crippen LogP contribution in [-0.2, 0) is 22.3 Å². The molecule has 1 saturated heterocycles. The molecule has 0 saturated carbocycles. The van der Waals surface area contributed by atoms with Crippen LogP contribution < -0.4 is 0 Å². The largest absolute Gasteiger partial charge is 0.469 e. The first-order chi connectivity index (χ1) is 9.90. The average molecular weight is 301 g/mol. The lowest BCUT2D eigenvalue weighted by molar-refractivity contribution is -0.147. The summed E-state index contributed by atoms with van der Waals surface area (Å²) in [6.07, 6.45) is -2.61. The Morgan fingerprint density at radius 3 is 2.57 bits per heavy atom. The van der Waals surface area contributed by atoms with Gasteiger partial charge in [-0.25, -0.2) is 0 Å². The van der Waals surface area contributed by atoms with Crippen molar-refractivity contribution >= 4 is 5.97 Å². The van der Waals surface area contributed by atoms with Gasteiger partial charge in [0.15, 0.2) is 0 Å². The van der Waals surface area contributed by atoms with Crippen LogP contribution in [0, 0.1) is 5.92 Å². The highest BCUT2D eigenvalue weighted by Crippen LogP contribution is 2.29. The first-order valence-electron chi connectivity index (χ1n) is 6.86. The van der Waals surface area contributed by atoms with Gasteiger partial charge in [-0.2, -0.15) is 13.2 Å². The molecule has 6 heteroatoms. The molecule has 0 aliphatic carbocycles. The van der Waals surface area contributed by atoms with Crippen molar-refractivity contribution in [2.75, 3.05) is 20.2 Å². The van der Waals surface area contributed by atoms with Crippen molar-refractivity contribution in [2.24, 2.45) is 5.92 Å². The Bertz CT molecular complexity index is 485. The summed E-state index contributed by atoms with van der Waals surface area (Å²) in [6.45, 7) is 1.98. The number of carbonyl (C=O) groups excluding carboxylic acids is 1. The summed E-state index contributed by atoms with van der Waals surface area (Å²) in [5, 5.41) is 0. The Kier molecular flexibility index (Phi) is 4.88. The number of benzene rings is 1. The number of rotatable bonds is 3. The molecule has 1 atom stereocenters. The van der Waals surface area contributed by atoms with Gasteiger partial charge in [0.1, 0.15) is 0 Å². The van der Waals surface area contributed by atoms with E-state index >= 15 is 0 Å². The smallest absolute Gasteiger partial charge is 0.416 e. The minimum atomic E-state index is -4.31. The van der Waals surface area contributed by atoms with E-state index in [1.807, 2.05) is 0 Å². The SMILES string of the molecule is COC(=O)C1CCCN(Cc2ccc(C(F)(F)F)cc2)C1. The van der Waals surface area contributed by atoms with E-state index in [4.69, 9.17) is 4.74 Å². The Hall–Kier alpha value is -1.56. The summed E-state index contributed by atoms with van der Waals surface area (Å²) in [5.74, 6) is -0.356. The number of nitrogens with zero attached hydrogens (tertiary/aromatic N) is 1. The lowest BCUT2D eigenvalue weighted by atomic mass is 9.97. The van der Waals surface area contributed by atoms with Gasteiger partial charge < -0.3 is 4.74 Å². The number of esters is 1. The van der Waals surface area contributed by atoms with E-state index in [0.29, 0.717) is 13.1 Å². The fourth-order valence-corrected chi connectivity index (χ4v) is 2.62. The number of methoxy groups -OCH3 is 1. The number of likely N-dealkylation sites (tertiary alicyclic amines) is 1. The fourth-order valence-electron chi connectivity index (χ4n) is 2.62. The molecule has 1 fully saturated rings. The number of ether oxygens (including phenoxy) is 1. The molecule has 1 heterocycles. The van der Waals surface area contributed by atoms with E-state index in [9.17, 15) is 18.0 Å². The summed E-state index contributed by atoms with van der Waals surface area (Å²) in [7, 11) is 1.37. The minimum absolute atomic E-state index is 0.141.